The summed E-state index contributed by atoms with van der Waals surface area (Å²) in [6.07, 6.45) is 2.73. The Morgan fingerprint density at radius 2 is 1.52 bits per heavy atom. The van der Waals surface area contributed by atoms with Crippen molar-refractivity contribution in [1.82, 2.24) is 4.57 Å². The van der Waals surface area contributed by atoms with Crippen LogP contribution in [0.15, 0.2) is 72.3 Å². The van der Waals surface area contributed by atoms with E-state index in [2.05, 4.69) is 35.9 Å². The Kier molecular flexibility index (Phi) is 3.46. The minimum atomic E-state index is -0.209. The average molecular weight is 442 g/mol. The third-order valence-corrected chi connectivity index (χ3v) is 8.81. The summed E-state index contributed by atoms with van der Waals surface area (Å²) in [7, 11) is 2.11. The van der Waals surface area contributed by atoms with Gasteiger partial charge in [-0.3, -0.25) is 0 Å². The Labute approximate surface area is 173 Å². The standard InChI is InChI=1S/C25H17NO2Se/c1-26-22-9-5-4-8-17(22)20-12-16(29-25(20)26)13-21-23(27)18-10-14-6-2-3-7-15(14)11-19(18)24(21)28/h2-11,13,29H,12H2,1H3. The maximum absolute atomic E-state index is 13.0. The van der Waals surface area contributed by atoms with Gasteiger partial charge in [-0.05, 0) is 0 Å². The van der Waals surface area contributed by atoms with Crippen molar-refractivity contribution in [2.24, 2.45) is 7.05 Å². The van der Waals surface area contributed by atoms with E-state index in [-0.39, 0.29) is 26.1 Å². The number of allylic oxidation sites excluding steroid dienone is 2. The molecule has 4 heteroatoms. The summed E-state index contributed by atoms with van der Waals surface area (Å²) in [5.74, 6) is -0.268. The number of fused-ring (bicyclic) bond motifs is 5. The van der Waals surface area contributed by atoms with Gasteiger partial charge in [0.15, 0.2) is 0 Å². The van der Waals surface area contributed by atoms with Crippen LogP contribution in [-0.4, -0.2) is 35.1 Å². The fourth-order valence-corrected chi connectivity index (χ4v) is 7.24. The summed E-state index contributed by atoms with van der Waals surface area (Å²) < 4.78 is 4.87. The zero-order valence-corrected chi connectivity index (χ0v) is 17.6. The van der Waals surface area contributed by atoms with Gasteiger partial charge in [-0.25, -0.2) is 0 Å². The summed E-state index contributed by atoms with van der Waals surface area (Å²) >= 11 is -0.209. The van der Waals surface area contributed by atoms with Gasteiger partial charge in [0, 0.05) is 0 Å². The van der Waals surface area contributed by atoms with Gasteiger partial charge in [0.25, 0.3) is 0 Å². The number of rotatable bonds is 1. The van der Waals surface area contributed by atoms with Crippen LogP contribution in [0, 0.1) is 0 Å². The van der Waals surface area contributed by atoms with Crippen molar-refractivity contribution in [3.05, 3.63) is 89.0 Å². The van der Waals surface area contributed by atoms with Crippen LogP contribution < -0.4 is 4.59 Å². The molecule has 0 atom stereocenters. The van der Waals surface area contributed by atoms with Gasteiger partial charge in [0.1, 0.15) is 0 Å². The Hall–Kier alpha value is -3.07. The minimum absolute atomic E-state index is 0.134. The van der Waals surface area contributed by atoms with E-state index in [1.165, 1.54) is 25.5 Å². The van der Waals surface area contributed by atoms with E-state index < -0.39 is 0 Å². The van der Waals surface area contributed by atoms with Crippen molar-refractivity contribution in [2.75, 3.05) is 0 Å². The van der Waals surface area contributed by atoms with Crippen molar-refractivity contribution >= 4 is 56.8 Å². The molecule has 0 unspecified atom stereocenters. The number of hydrogen-bond donors (Lipinski definition) is 0. The van der Waals surface area contributed by atoms with Gasteiger partial charge in [0.05, 0.1) is 0 Å². The van der Waals surface area contributed by atoms with Crippen LogP contribution in [0.2, 0.25) is 0 Å². The molecule has 1 aliphatic heterocycles. The number of nitrogens with zero attached hydrogens (tertiary/aromatic N) is 1. The summed E-state index contributed by atoms with van der Waals surface area (Å²) in [6.45, 7) is 0. The summed E-state index contributed by atoms with van der Waals surface area (Å²) in [5.41, 5.74) is 4.02. The molecule has 3 nitrogen and oxygen atoms in total. The quantitative estimate of drug-likeness (QED) is 0.258. The second-order valence-electron chi connectivity index (χ2n) is 7.62. The van der Waals surface area contributed by atoms with Crippen LogP contribution in [0.25, 0.3) is 21.7 Å². The van der Waals surface area contributed by atoms with E-state index in [9.17, 15) is 9.59 Å². The zero-order chi connectivity index (χ0) is 19.7. The summed E-state index contributed by atoms with van der Waals surface area (Å²) in [6, 6.07) is 20.0. The van der Waals surface area contributed by atoms with Crippen molar-refractivity contribution in [1.29, 1.82) is 0 Å². The van der Waals surface area contributed by atoms with Crippen molar-refractivity contribution in [3.63, 3.8) is 0 Å². The number of hydrogen-bond acceptors (Lipinski definition) is 2. The summed E-state index contributed by atoms with van der Waals surface area (Å²) in [4.78, 5) is 26.1. The molecule has 0 bridgehead atoms. The van der Waals surface area contributed by atoms with Crippen LogP contribution in [0.3, 0.4) is 0 Å². The maximum atomic E-state index is 13.0. The first kappa shape index (κ1) is 16.8. The topological polar surface area (TPSA) is 39.1 Å². The third-order valence-electron chi connectivity index (χ3n) is 5.96. The fraction of sp³-hybridized carbons (Fsp3) is 0.0800. The monoisotopic (exact) mass is 443 g/mol. The first-order chi connectivity index (χ1) is 14.1. The molecule has 0 N–H and O–H groups in total. The van der Waals surface area contributed by atoms with Crippen LogP contribution >= 0.6 is 0 Å². The molecule has 140 valence electrons. The van der Waals surface area contributed by atoms with E-state index in [0.717, 1.165) is 17.2 Å². The molecular weight excluding hydrogens is 425 g/mol. The molecule has 4 aromatic rings. The van der Waals surface area contributed by atoms with Gasteiger partial charge < -0.3 is 0 Å². The molecule has 0 spiro atoms. The Balaban J connectivity index is 1.44. The molecule has 0 saturated heterocycles. The van der Waals surface area contributed by atoms with E-state index in [0.29, 0.717) is 16.7 Å². The average Bonchev–Trinajstić information content (AvgIpc) is 3.35. The van der Waals surface area contributed by atoms with E-state index in [1.807, 2.05) is 42.5 Å². The van der Waals surface area contributed by atoms with Gasteiger partial charge in [-0.2, -0.15) is 0 Å². The first-order valence-electron chi connectivity index (χ1n) is 9.59. The first-order valence-corrected chi connectivity index (χ1v) is 11.5. The molecule has 1 aliphatic carbocycles. The molecule has 2 aliphatic rings. The van der Waals surface area contributed by atoms with Crippen LogP contribution in [0.1, 0.15) is 26.3 Å². The number of aromatic nitrogens is 1. The number of aryl methyl sites for hydroxylation is 1. The Bertz CT molecular complexity index is 1410. The molecular formula is C25H17NO2Se. The number of para-hydroxylation sites is 1. The number of carbonyl (C=O) groups is 2. The number of benzene rings is 3. The third kappa shape index (κ3) is 2.33. The molecule has 6 rings (SSSR count). The molecule has 0 fully saturated rings. The van der Waals surface area contributed by atoms with Crippen LogP contribution in [0.5, 0.6) is 0 Å². The molecule has 2 heterocycles. The molecule has 0 saturated carbocycles. The van der Waals surface area contributed by atoms with Crippen LogP contribution in [0.4, 0.5) is 0 Å². The second kappa shape index (κ2) is 5.96. The van der Waals surface area contributed by atoms with Gasteiger partial charge in [0.2, 0.25) is 0 Å². The molecule has 3 aromatic carbocycles. The molecule has 29 heavy (non-hydrogen) atoms. The van der Waals surface area contributed by atoms with E-state index >= 15 is 0 Å². The predicted octanol–water partition coefficient (Wildman–Crippen LogP) is 3.13. The number of ketones is 2. The Morgan fingerprint density at radius 1 is 0.897 bits per heavy atom. The second-order valence-corrected chi connectivity index (χ2v) is 10.2. The van der Waals surface area contributed by atoms with E-state index in [4.69, 9.17) is 0 Å². The molecule has 0 radical (unpaired) electrons. The van der Waals surface area contributed by atoms with E-state index in [1.54, 1.807) is 0 Å². The molecule has 0 amide bonds. The SMILES string of the molecule is Cn1c2c(c3ccccc31)CC(C=C1C(=O)c3cc4ccccc4cc3C1=O)=[SeH]2. The van der Waals surface area contributed by atoms with Crippen molar-refractivity contribution < 1.29 is 9.59 Å². The summed E-state index contributed by atoms with van der Waals surface area (Å²) in [5, 5.41) is 3.27. The van der Waals surface area contributed by atoms with Crippen molar-refractivity contribution in [2.45, 2.75) is 6.42 Å². The van der Waals surface area contributed by atoms with Gasteiger partial charge >= 0.3 is 173 Å². The normalized spacial score (nSPS) is 15.5. The van der Waals surface area contributed by atoms with Gasteiger partial charge in [-0.15, -0.1) is 0 Å². The predicted molar refractivity (Wildman–Crippen MR) is 119 cm³/mol. The fourth-order valence-electron chi connectivity index (χ4n) is 4.52. The number of Topliss-reactive ketones (excluding diaryl/α,β-unsaturated/α-hetero) is 2. The van der Waals surface area contributed by atoms with Crippen LogP contribution in [-0.2, 0) is 13.5 Å². The Morgan fingerprint density at radius 3 is 2.21 bits per heavy atom. The molecule has 1 aromatic heterocycles. The van der Waals surface area contributed by atoms with Crippen molar-refractivity contribution in [3.8, 4) is 0 Å². The number of carbonyl (C=O) groups excluding carboxylic acids is 2. The van der Waals surface area contributed by atoms with Gasteiger partial charge in [-0.1, -0.05) is 0 Å². The zero-order valence-electron chi connectivity index (χ0n) is 15.8.